The number of rotatable bonds is 6. The molecule has 0 aliphatic carbocycles. The highest BCUT2D eigenvalue weighted by Crippen LogP contribution is 2.32. The zero-order valence-electron chi connectivity index (χ0n) is 17.2. The molecule has 1 aliphatic heterocycles. The standard InChI is InChI=1S/C23H22N2O5S/c1-3-16-8-10-18(11-9-16)25(15(2)26)23-24-17(14-31-23)12-29-22(27)21-13-28-19-6-4-5-7-20(19)30-21/h4-11,14,21H,3,12-13H2,1-2H3. The van der Waals surface area contributed by atoms with Crippen molar-refractivity contribution < 1.29 is 23.8 Å². The van der Waals surface area contributed by atoms with E-state index in [1.807, 2.05) is 36.4 Å². The number of aromatic nitrogens is 1. The van der Waals surface area contributed by atoms with Crippen molar-refractivity contribution in [2.24, 2.45) is 0 Å². The van der Waals surface area contributed by atoms with Crippen molar-refractivity contribution in [1.29, 1.82) is 0 Å². The van der Waals surface area contributed by atoms with Gasteiger partial charge in [-0.2, -0.15) is 0 Å². The molecule has 0 radical (unpaired) electrons. The molecule has 160 valence electrons. The fourth-order valence-electron chi connectivity index (χ4n) is 3.15. The van der Waals surface area contributed by atoms with Gasteiger partial charge in [0.2, 0.25) is 12.0 Å². The van der Waals surface area contributed by atoms with E-state index in [4.69, 9.17) is 14.2 Å². The van der Waals surface area contributed by atoms with E-state index < -0.39 is 12.1 Å². The summed E-state index contributed by atoms with van der Waals surface area (Å²) in [5.74, 6) is 0.445. The van der Waals surface area contributed by atoms with E-state index in [2.05, 4.69) is 11.9 Å². The number of carbonyl (C=O) groups is 2. The third kappa shape index (κ3) is 4.69. The van der Waals surface area contributed by atoms with Crippen molar-refractivity contribution in [3.63, 3.8) is 0 Å². The minimum atomic E-state index is -0.834. The molecular formula is C23H22N2O5S. The van der Waals surface area contributed by atoms with Crippen LogP contribution in [0.4, 0.5) is 10.8 Å². The van der Waals surface area contributed by atoms with Crippen LogP contribution in [0.15, 0.2) is 53.9 Å². The quantitative estimate of drug-likeness (QED) is 0.535. The maximum Gasteiger partial charge on any atom is 0.351 e. The fourth-order valence-corrected chi connectivity index (χ4v) is 4.02. The van der Waals surface area contributed by atoms with Gasteiger partial charge in [-0.3, -0.25) is 9.69 Å². The van der Waals surface area contributed by atoms with Crippen LogP contribution in [0.25, 0.3) is 0 Å². The molecule has 31 heavy (non-hydrogen) atoms. The Labute approximate surface area is 184 Å². The van der Waals surface area contributed by atoms with Crippen molar-refractivity contribution in [2.45, 2.75) is 33.0 Å². The van der Waals surface area contributed by atoms with Crippen LogP contribution in [0.3, 0.4) is 0 Å². The second-order valence-corrected chi connectivity index (χ2v) is 7.80. The number of aryl methyl sites for hydroxylation is 1. The summed E-state index contributed by atoms with van der Waals surface area (Å²) in [6.07, 6.45) is 0.0906. The van der Waals surface area contributed by atoms with E-state index in [0.717, 1.165) is 12.1 Å². The second kappa shape index (κ2) is 9.18. The Hall–Kier alpha value is -3.39. The number of ether oxygens (including phenoxy) is 3. The van der Waals surface area contributed by atoms with Crippen LogP contribution in [-0.4, -0.2) is 29.6 Å². The van der Waals surface area contributed by atoms with Gasteiger partial charge in [-0.05, 0) is 36.2 Å². The Balaban J connectivity index is 1.40. The maximum absolute atomic E-state index is 12.4. The van der Waals surface area contributed by atoms with Crippen molar-refractivity contribution in [2.75, 3.05) is 11.5 Å². The van der Waals surface area contributed by atoms with E-state index in [-0.39, 0.29) is 19.1 Å². The Kier molecular flexibility index (Phi) is 6.18. The Morgan fingerprint density at radius 2 is 1.90 bits per heavy atom. The summed E-state index contributed by atoms with van der Waals surface area (Å²) in [6, 6.07) is 15.0. The van der Waals surface area contributed by atoms with Crippen LogP contribution >= 0.6 is 11.3 Å². The lowest BCUT2D eigenvalue weighted by molar-refractivity contribution is -0.156. The van der Waals surface area contributed by atoms with Gasteiger partial charge in [-0.15, -0.1) is 11.3 Å². The van der Waals surface area contributed by atoms with Crippen molar-refractivity contribution in [1.82, 2.24) is 4.98 Å². The van der Waals surface area contributed by atoms with Gasteiger partial charge in [0, 0.05) is 12.3 Å². The summed E-state index contributed by atoms with van der Waals surface area (Å²) in [5, 5.41) is 2.29. The first-order valence-corrected chi connectivity index (χ1v) is 10.8. The molecule has 2 heterocycles. The SMILES string of the molecule is CCc1ccc(N(C(C)=O)c2nc(COC(=O)C3COc4ccccc4O3)cs2)cc1. The molecule has 0 spiro atoms. The molecule has 7 nitrogen and oxygen atoms in total. The normalized spacial score (nSPS) is 14.7. The minimum absolute atomic E-state index is 0.0165. The molecule has 2 aromatic carbocycles. The number of benzene rings is 2. The molecule has 0 saturated heterocycles. The smallest absolute Gasteiger partial charge is 0.351 e. The van der Waals surface area contributed by atoms with E-state index in [9.17, 15) is 9.59 Å². The van der Waals surface area contributed by atoms with E-state index >= 15 is 0 Å². The van der Waals surface area contributed by atoms with Gasteiger partial charge in [0.05, 0.1) is 11.4 Å². The lowest BCUT2D eigenvalue weighted by Gasteiger charge is -2.24. The van der Waals surface area contributed by atoms with Gasteiger partial charge in [-0.25, -0.2) is 9.78 Å². The molecule has 0 bridgehead atoms. The van der Waals surface area contributed by atoms with Crippen LogP contribution in [0.1, 0.15) is 25.1 Å². The van der Waals surface area contributed by atoms with Crippen molar-refractivity contribution in [3.8, 4) is 11.5 Å². The topological polar surface area (TPSA) is 78.0 Å². The third-order valence-corrected chi connectivity index (χ3v) is 5.66. The highest BCUT2D eigenvalue weighted by atomic mass is 32.1. The summed E-state index contributed by atoms with van der Waals surface area (Å²) >= 11 is 1.32. The van der Waals surface area contributed by atoms with E-state index in [1.165, 1.54) is 23.8 Å². The summed E-state index contributed by atoms with van der Waals surface area (Å²) < 4.78 is 16.6. The summed E-state index contributed by atoms with van der Waals surface area (Å²) in [7, 11) is 0. The zero-order valence-corrected chi connectivity index (χ0v) is 18.1. The minimum Gasteiger partial charge on any atom is -0.485 e. The summed E-state index contributed by atoms with van der Waals surface area (Å²) in [6.45, 7) is 3.64. The molecule has 1 amide bonds. The van der Waals surface area contributed by atoms with Crippen LogP contribution in [0.5, 0.6) is 11.5 Å². The molecule has 0 N–H and O–H groups in total. The molecule has 4 rings (SSSR count). The largest absolute Gasteiger partial charge is 0.485 e. The molecule has 3 aromatic rings. The number of amides is 1. The van der Waals surface area contributed by atoms with Crippen LogP contribution < -0.4 is 14.4 Å². The molecule has 1 aliphatic rings. The lowest BCUT2D eigenvalue weighted by atomic mass is 10.1. The highest BCUT2D eigenvalue weighted by molar-refractivity contribution is 7.14. The average Bonchev–Trinajstić information content (AvgIpc) is 3.25. The van der Waals surface area contributed by atoms with Gasteiger partial charge in [0.25, 0.3) is 0 Å². The van der Waals surface area contributed by atoms with Crippen molar-refractivity contribution >= 4 is 34.0 Å². The Bertz CT molecular complexity index is 1080. The first-order valence-electron chi connectivity index (χ1n) is 9.94. The summed E-state index contributed by atoms with van der Waals surface area (Å²) in [4.78, 5) is 30.7. The van der Waals surface area contributed by atoms with Gasteiger partial charge in [0.1, 0.15) is 13.2 Å². The number of fused-ring (bicyclic) bond motifs is 1. The predicted molar refractivity (Wildman–Crippen MR) is 117 cm³/mol. The monoisotopic (exact) mass is 438 g/mol. The first-order chi connectivity index (χ1) is 15.0. The lowest BCUT2D eigenvalue weighted by Crippen LogP contribution is -2.37. The zero-order chi connectivity index (χ0) is 21.8. The van der Waals surface area contributed by atoms with Crippen LogP contribution in [0.2, 0.25) is 0 Å². The molecule has 1 atom stereocenters. The molecule has 1 aromatic heterocycles. The van der Waals surface area contributed by atoms with E-state index in [0.29, 0.717) is 22.3 Å². The molecule has 0 saturated carbocycles. The van der Waals surface area contributed by atoms with Crippen LogP contribution in [0, 0.1) is 0 Å². The first kappa shape index (κ1) is 20.9. The number of para-hydroxylation sites is 2. The van der Waals surface area contributed by atoms with Gasteiger partial charge < -0.3 is 14.2 Å². The maximum atomic E-state index is 12.4. The number of thiazole rings is 1. The average molecular weight is 439 g/mol. The third-order valence-electron chi connectivity index (χ3n) is 4.78. The van der Waals surface area contributed by atoms with Crippen LogP contribution in [-0.2, 0) is 27.4 Å². The number of esters is 1. The molecule has 0 fully saturated rings. The molecule has 8 heteroatoms. The second-order valence-electron chi connectivity index (χ2n) is 6.97. The number of hydrogen-bond acceptors (Lipinski definition) is 7. The molecular weight excluding hydrogens is 416 g/mol. The predicted octanol–water partition coefficient (Wildman–Crippen LogP) is 4.27. The Morgan fingerprint density at radius 1 is 1.16 bits per heavy atom. The number of carbonyl (C=O) groups excluding carboxylic acids is 2. The highest BCUT2D eigenvalue weighted by Gasteiger charge is 2.29. The summed E-state index contributed by atoms with van der Waals surface area (Å²) in [5.41, 5.74) is 2.49. The molecule has 1 unspecified atom stereocenters. The van der Waals surface area contributed by atoms with Gasteiger partial charge >= 0.3 is 5.97 Å². The number of anilines is 2. The van der Waals surface area contributed by atoms with E-state index in [1.54, 1.807) is 22.4 Å². The van der Waals surface area contributed by atoms with Gasteiger partial charge in [-0.1, -0.05) is 31.2 Å². The van der Waals surface area contributed by atoms with Gasteiger partial charge in [0.15, 0.2) is 16.6 Å². The number of hydrogen-bond donors (Lipinski definition) is 0. The Morgan fingerprint density at radius 3 is 2.61 bits per heavy atom. The van der Waals surface area contributed by atoms with Crippen molar-refractivity contribution in [3.05, 3.63) is 65.2 Å². The number of nitrogens with zero attached hydrogens (tertiary/aromatic N) is 2. The fraction of sp³-hybridized carbons (Fsp3) is 0.261.